The van der Waals surface area contributed by atoms with Crippen molar-refractivity contribution < 1.29 is 14.2 Å². The van der Waals surface area contributed by atoms with Crippen molar-refractivity contribution in [3.8, 4) is 0 Å². The van der Waals surface area contributed by atoms with E-state index in [2.05, 4.69) is 15.8 Å². The minimum atomic E-state index is -0.480. The fourth-order valence-electron chi connectivity index (χ4n) is 2.07. The summed E-state index contributed by atoms with van der Waals surface area (Å²) >= 11 is 0. The number of nitro groups is 1. The molecule has 0 bridgehead atoms. The Balaban J connectivity index is 1.90. The lowest BCUT2D eigenvalue weighted by Gasteiger charge is -2.07. The van der Waals surface area contributed by atoms with Gasteiger partial charge in [-0.05, 0) is 11.6 Å². The maximum absolute atomic E-state index is 11.3. The Kier molecular flexibility index (Phi) is 2.82. The van der Waals surface area contributed by atoms with Gasteiger partial charge in [-0.3, -0.25) is 14.9 Å². The minimum absolute atomic E-state index is 0.0697. The van der Waals surface area contributed by atoms with E-state index < -0.39 is 4.92 Å². The maximum atomic E-state index is 11.3. The van der Waals surface area contributed by atoms with Gasteiger partial charge in [0.25, 0.3) is 5.69 Å². The van der Waals surface area contributed by atoms with Crippen LogP contribution in [0.25, 0.3) is 0 Å². The summed E-state index contributed by atoms with van der Waals surface area (Å²) in [7, 11) is 0. The molecule has 0 aliphatic carbocycles. The molecule has 0 saturated heterocycles. The number of carbonyl (C=O) groups is 1. The van der Waals surface area contributed by atoms with Crippen LogP contribution in [0.2, 0.25) is 0 Å². The van der Waals surface area contributed by atoms with E-state index in [0.717, 1.165) is 0 Å². The highest BCUT2D eigenvalue weighted by Crippen LogP contribution is 2.34. The van der Waals surface area contributed by atoms with E-state index in [1.807, 2.05) is 0 Å². The van der Waals surface area contributed by atoms with E-state index >= 15 is 0 Å². The Morgan fingerprint density at radius 1 is 1.50 bits per heavy atom. The number of anilines is 2. The highest BCUT2D eigenvalue weighted by molar-refractivity contribution is 6.00. The van der Waals surface area contributed by atoms with Gasteiger partial charge in [-0.25, -0.2) is 0 Å². The lowest BCUT2D eigenvalue weighted by molar-refractivity contribution is -0.384. The number of hydrogen-bond acceptors (Lipinski definition) is 6. The second kappa shape index (κ2) is 4.65. The largest absolute Gasteiger partial charge is 0.372 e. The fraction of sp³-hybridized carbons (Fsp3) is 0.167. The van der Waals surface area contributed by atoms with Crippen LogP contribution in [0.1, 0.15) is 11.3 Å². The van der Waals surface area contributed by atoms with Gasteiger partial charge in [0, 0.05) is 17.8 Å². The van der Waals surface area contributed by atoms with Gasteiger partial charge in [0.15, 0.2) is 5.76 Å². The third kappa shape index (κ3) is 2.18. The molecular formula is C12H10N4O4. The maximum Gasteiger partial charge on any atom is 0.292 e. The minimum Gasteiger partial charge on any atom is -0.372 e. The van der Waals surface area contributed by atoms with Crippen molar-refractivity contribution in [2.75, 3.05) is 10.6 Å². The zero-order valence-corrected chi connectivity index (χ0v) is 10.3. The van der Waals surface area contributed by atoms with Crippen LogP contribution >= 0.6 is 0 Å². The molecule has 1 aliphatic heterocycles. The van der Waals surface area contributed by atoms with Crippen molar-refractivity contribution in [1.29, 1.82) is 0 Å². The highest BCUT2D eigenvalue weighted by atomic mass is 16.6. The van der Waals surface area contributed by atoms with Gasteiger partial charge in [-0.2, -0.15) is 0 Å². The number of rotatable bonds is 4. The molecule has 20 heavy (non-hydrogen) atoms. The van der Waals surface area contributed by atoms with Gasteiger partial charge in [0.2, 0.25) is 5.91 Å². The van der Waals surface area contributed by atoms with Crippen molar-refractivity contribution in [3.63, 3.8) is 0 Å². The molecule has 2 aromatic rings. The molecule has 0 saturated carbocycles. The molecule has 0 fully saturated rings. The van der Waals surface area contributed by atoms with Crippen LogP contribution in [0.3, 0.4) is 0 Å². The Bertz CT molecular complexity index is 681. The number of aromatic nitrogens is 1. The average molecular weight is 274 g/mol. The van der Waals surface area contributed by atoms with Gasteiger partial charge in [0.05, 0.1) is 24.1 Å². The van der Waals surface area contributed by atoms with Crippen LogP contribution < -0.4 is 10.6 Å². The Morgan fingerprint density at radius 3 is 3.05 bits per heavy atom. The monoisotopic (exact) mass is 274 g/mol. The molecule has 8 heteroatoms. The summed E-state index contributed by atoms with van der Waals surface area (Å²) < 4.78 is 4.91. The number of amides is 1. The first kappa shape index (κ1) is 12.2. The molecule has 1 aromatic heterocycles. The van der Waals surface area contributed by atoms with Crippen molar-refractivity contribution in [1.82, 2.24) is 5.16 Å². The van der Waals surface area contributed by atoms with E-state index in [9.17, 15) is 14.9 Å². The Morgan fingerprint density at radius 2 is 2.35 bits per heavy atom. The zero-order chi connectivity index (χ0) is 14.1. The number of nitrogens with one attached hydrogen (secondary N) is 2. The number of hydrogen-bond donors (Lipinski definition) is 2. The quantitative estimate of drug-likeness (QED) is 0.648. The topological polar surface area (TPSA) is 110 Å². The van der Waals surface area contributed by atoms with Crippen molar-refractivity contribution in [3.05, 3.63) is 45.8 Å². The summed E-state index contributed by atoms with van der Waals surface area (Å²) in [5.41, 5.74) is 1.49. The molecular weight excluding hydrogens is 264 g/mol. The highest BCUT2D eigenvalue weighted by Gasteiger charge is 2.24. The second-order valence-electron chi connectivity index (χ2n) is 4.34. The fourth-order valence-corrected chi connectivity index (χ4v) is 2.07. The third-order valence-corrected chi connectivity index (χ3v) is 2.99. The van der Waals surface area contributed by atoms with E-state index in [0.29, 0.717) is 22.7 Å². The number of benzene rings is 1. The van der Waals surface area contributed by atoms with Gasteiger partial charge in [-0.1, -0.05) is 5.16 Å². The van der Waals surface area contributed by atoms with Gasteiger partial charge < -0.3 is 15.2 Å². The smallest absolute Gasteiger partial charge is 0.292 e. The van der Waals surface area contributed by atoms with E-state index in [-0.39, 0.29) is 24.6 Å². The molecule has 1 aliphatic rings. The number of nitro benzene ring substituents is 1. The van der Waals surface area contributed by atoms with Crippen LogP contribution in [0, 0.1) is 10.1 Å². The molecule has 0 atom stereocenters. The summed E-state index contributed by atoms with van der Waals surface area (Å²) in [6.07, 6.45) is 1.66. The summed E-state index contributed by atoms with van der Waals surface area (Å²) in [4.78, 5) is 21.9. The summed E-state index contributed by atoms with van der Waals surface area (Å²) in [5.74, 6) is 0.394. The summed E-state index contributed by atoms with van der Waals surface area (Å²) in [5, 5.41) is 20.2. The lowest BCUT2D eigenvalue weighted by Crippen LogP contribution is -2.04. The van der Waals surface area contributed by atoms with Crippen molar-refractivity contribution in [2.45, 2.75) is 13.0 Å². The molecule has 8 nitrogen and oxygen atoms in total. The first-order chi connectivity index (χ1) is 9.63. The molecule has 1 aromatic carbocycles. The van der Waals surface area contributed by atoms with Crippen molar-refractivity contribution in [2.24, 2.45) is 0 Å². The first-order valence-electron chi connectivity index (χ1n) is 5.88. The molecule has 2 N–H and O–H groups in total. The zero-order valence-electron chi connectivity index (χ0n) is 10.3. The first-order valence-corrected chi connectivity index (χ1v) is 5.88. The predicted molar refractivity (Wildman–Crippen MR) is 69.3 cm³/mol. The van der Waals surface area contributed by atoms with Crippen LogP contribution in [-0.2, 0) is 17.8 Å². The van der Waals surface area contributed by atoms with Crippen LogP contribution in [0.15, 0.2) is 28.9 Å². The molecule has 1 amide bonds. The van der Waals surface area contributed by atoms with Gasteiger partial charge >= 0.3 is 0 Å². The Labute approximate surface area is 112 Å². The normalized spacial score (nSPS) is 12.9. The summed E-state index contributed by atoms with van der Waals surface area (Å²) in [6, 6.07) is 4.64. The van der Waals surface area contributed by atoms with Gasteiger partial charge in [-0.15, -0.1) is 0 Å². The van der Waals surface area contributed by atoms with E-state index in [4.69, 9.17) is 4.52 Å². The van der Waals surface area contributed by atoms with Crippen LogP contribution in [0.4, 0.5) is 17.1 Å². The number of carbonyl (C=O) groups excluding carboxylic acids is 1. The van der Waals surface area contributed by atoms with Crippen molar-refractivity contribution >= 4 is 23.0 Å². The lowest BCUT2D eigenvalue weighted by atomic mass is 10.1. The van der Waals surface area contributed by atoms with E-state index in [1.54, 1.807) is 12.1 Å². The van der Waals surface area contributed by atoms with Crippen LogP contribution in [0.5, 0.6) is 0 Å². The average Bonchev–Trinajstić information content (AvgIpc) is 3.02. The molecule has 102 valence electrons. The molecule has 0 radical (unpaired) electrons. The number of nitrogens with zero attached hydrogens (tertiary/aromatic N) is 2. The molecule has 0 spiro atoms. The standard InChI is InChI=1S/C12H10N4O4/c17-12-4-7-3-11(16(18)19)10(5-9(7)15-12)13-6-8-1-2-14-20-8/h1-3,5,13H,4,6H2,(H,15,17). The third-order valence-electron chi connectivity index (χ3n) is 2.99. The number of fused-ring (bicyclic) bond motifs is 1. The van der Waals surface area contributed by atoms with Gasteiger partial charge in [0.1, 0.15) is 5.69 Å². The predicted octanol–water partition coefficient (Wildman–Crippen LogP) is 1.69. The molecule has 2 heterocycles. The van der Waals surface area contributed by atoms with Crippen LogP contribution in [-0.4, -0.2) is 16.0 Å². The van der Waals surface area contributed by atoms with E-state index in [1.165, 1.54) is 12.3 Å². The molecule has 0 unspecified atom stereocenters. The second-order valence-corrected chi connectivity index (χ2v) is 4.34. The summed E-state index contributed by atoms with van der Waals surface area (Å²) in [6.45, 7) is 0.271. The SMILES string of the molecule is O=C1Cc2cc([N+](=O)[O-])c(NCc3ccno3)cc2N1. The molecule has 3 rings (SSSR count). The Hall–Kier alpha value is -2.90.